The number of para-hydroxylation sites is 2. The average molecular weight is 393 g/mol. The second-order valence-electron chi connectivity index (χ2n) is 6.12. The summed E-state index contributed by atoms with van der Waals surface area (Å²) in [4.78, 5) is 16.4. The van der Waals surface area contributed by atoms with E-state index in [-0.39, 0.29) is 12.5 Å². The van der Waals surface area contributed by atoms with Crippen LogP contribution in [0.4, 0.5) is 11.5 Å². The van der Waals surface area contributed by atoms with E-state index in [1.165, 1.54) is 0 Å². The molecule has 0 spiro atoms. The monoisotopic (exact) mass is 393 g/mol. The topological polar surface area (TPSA) is 81.7 Å². The maximum Gasteiger partial charge on any atom is 0.262 e. The van der Waals surface area contributed by atoms with Crippen LogP contribution in [0.3, 0.4) is 0 Å². The Labute approximate surface area is 169 Å². The summed E-state index contributed by atoms with van der Waals surface area (Å²) in [6.45, 7) is 0.507. The smallest absolute Gasteiger partial charge is 0.262 e. The van der Waals surface area contributed by atoms with Crippen LogP contribution in [0.1, 0.15) is 5.56 Å². The van der Waals surface area contributed by atoms with Gasteiger partial charge >= 0.3 is 0 Å². The molecule has 7 nitrogen and oxygen atoms in total. The number of methoxy groups -OCH3 is 2. The molecule has 1 heterocycles. The standard InChI is InChI=1S/C22H23N3O4/c1-27-18-10-7-16(8-11-18)13-23-21-12-9-17(14-24-21)25-22(26)15-29-20-6-4-3-5-19(20)28-2/h3-12,14H,13,15H2,1-2H3,(H,23,24)(H,25,26). The molecule has 0 aliphatic heterocycles. The van der Waals surface area contributed by atoms with E-state index in [9.17, 15) is 4.79 Å². The predicted molar refractivity (Wildman–Crippen MR) is 112 cm³/mol. The first-order valence-corrected chi connectivity index (χ1v) is 9.06. The molecule has 0 fully saturated rings. The minimum atomic E-state index is -0.281. The first kappa shape index (κ1) is 20.0. The first-order valence-electron chi connectivity index (χ1n) is 9.06. The first-order chi connectivity index (χ1) is 14.2. The molecule has 0 aliphatic carbocycles. The minimum Gasteiger partial charge on any atom is -0.497 e. The fraction of sp³-hybridized carbons (Fsp3) is 0.182. The molecule has 3 aromatic rings. The summed E-state index contributed by atoms with van der Waals surface area (Å²) >= 11 is 0. The molecule has 0 saturated carbocycles. The number of benzene rings is 2. The van der Waals surface area contributed by atoms with Gasteiger partial charge in [0.15, 0.2) is 18.1 Å². The van der Waals surface area contributed by atoms with Crippen molar-refractivity contribution in [3.8, 4) is 17.2 Å². The number of ether oxygens (including phenoxy) is 3. The number of carbonyl (C=O) groups is 1. The van der Waals surface area contributed by atoms with E-state index < -0.39 is 0 Å². The molecule has 0 atom stereocenters. The number of anilines is 2. The maximum absolute atomic E-state index is 12.1. The van der Waals surface area contributed by atoms with Gasteiger partial charge in [-0.15, -0.1) is 0 Å². The van der Waals surface area contributed by atoms with Crippen LogP contribution in [-0.4, -0.2) is 31.7 Å². The summed E-state index contributed by atoms with van der Waals surface area (Å²) in [6.07, 6.45) is 1.59. The Hall–Kier alpha value is -3.74. The Bertz CT molecular complexity index is 928. The van der Waals surface area contributed by atoms with E-state index in [4.69, 9.17) is 14.2 Å². The molecular weight excluding hydrogens is 370 g/mol. The normalized spacial score (nSPS) is 10.1. The molecule has 29 heavy (non-hydrogen) atoms. The second-order valence-corrected chi connectivity index (χ2v) is 6.12. The van der Waals surface area contributed by atoms with Gasteiger partial charge in [0, 0.05) is 6.54 Å². The molecule has 0 bridgehead atoms. The lowest BCUT2D eigenvalue weighted by Gasteiger charge is -2.11. The van der Waals surface area contributed by atoms with Crippen LogP contribution >= 0.6 is 0 Å². The Balaban J connectivity index is 1.47. The van der Waals surface area contributed by atoms with Gasteiger partial charge in [-0.05, 0) is 42.0 Å². The fourth-order valence-electron chi connectivity index (χ4n) is 2.59. The summed E-state index contributed by atoms with van der Waals surface area (Å²) in [5, 5.41) is 5.99. The molecule has 3 rings (SSSR count). The van der Waals surface area contributed by atoms with Crippen molar-refractivity contribution < 1.29 is 19.0 Å². The molecule has 1 aromatic heterocycles. The van der Waals surface area contributed by atoms with Crippen molar-refractivity contribution in [2.75, 3.05) is 31.5 Å². The van der Waals surface area contributed by atoms with Gasteiger partial charge in [-0.1, -0.05) is 24.3 Å². The summed E-state index contributed by atoms with van der Waals surface area (Å²) in [5.41, 5.74) is 1.70. The van der Waals surface area contributed by atoms with Crippen molar-refractivity contribution in [1.29, 1.82) is 0 Å². The minimum absolute atomic E-state index is 0.127. The van der Waals surface area contributed by atoms with Crippen LogP contribution in [0.15, 0.2) is 66.9 Å². The molecule has 2 N–H and O–H groups in total. The number of pyridine rings is 1. The SMILES string of the molecule is COc1ccc(CNc2ccc(NC(=O)COc3ccccc3OC)cn2)cc1. The van der Waals surface area contributed by atoms with Crippen LogP contribution in [0.5, 0.6) is 17.2 Å². The third-order valence-corrected chi connectivity index (χ3v) is 4.11. The van der Waals surface area contributed by atoms with Crippen molar-refractivity contribution in [3.63, 3.8) is 0 Å². The van der Waals surface area contributed by atoms with Gasteiger partial charge in [-0.2, -0.15) is 0 Å². The van der Waals surface area contributed by atoms with Crippen molar-refractivity contribution >= 4 is 17.4 Å². The van der Waals surface area contributed by atoms with Gasteiger partial charge in [-0.3, -0.25) is 4.79 Å². The number of amides is 1. The third-order valence-electron chi connectivity index (χ3n) is 4.11. The number of hydrogen-bond donors (Lipinski definition) is 2. The van der Waals surface area contributed by atoms with Gasteiger partial charge in [-0.25, -0.2) is 4.98 Å². The molecule has 2 aromatic carbocycles. The third kappa shape index (κ3) is 5.87. The fourth-order valence-corrected chi connectivity index (χ4v) is 2.59. The second kappa shape index (κ2) is 9.98. The molecule has 0 radical (unpaired) electrons. The summed E-state index contributed by atoms with van der Waals surface area (Å²) in [5.74, 6) is 2.35. The van der Waals surface area contributed by atoms with Crippen LogP contribution in [0, 0.1) is 0 Å². The zero-order valence-corrected chi connectivity index (χ0v) is 16.3. The van der Waals surface area contributed by atoms with E-state index in [0.717, 1.165) is 11.3 Å². The Morgan fingerprint density at radius 3 is 2.34 bits per heavy atom. The highest BCUT2D eigenvalue weighted by molar-refractivity contribution is 5.91. The van der Waals surface area contributed by atoms with Gasteiger partial charge < -0.3 is 24.8 Å². The molecule has 0 saturated heterocycles. The lowest BCUT2D eigenvalue weighted by molar-refractivity contribution is -0.118. The van der Waals surface area contributed by atoms with Crippen molar-refractivity contribution in [3.05, 3.63) is 72.4 Å². The Morgan fingerprint density at radius 1 is 0.931 bits per heavy atom. The van der Waals surface area contributed by atoms with E-state index in [2.05, 4.69) is 15.6 Å². The van der Waals surface area contributed by atoms with Crippen LogP contribution in [0.2, 0.25) is 0 Å². The van der Waals surface area contributed by atoms with E-state index in [1.54, 1.807) is 44.7 Å². The predicted octanol–water partition coefficient (Wildman–Crippen LogP) is 3.73. The molecule has 7 heteroatoms. The number of aromatic nitrogens is 1. The molecule has 0 aliphatic rings. The maximum atomic E-state index is 12.1. The quantitative estimate of drug-likeness (QED) is 0.577. The summed E-state index contributed by atoms with van der Waals surface area (Å²) in [6, 6.07) is 18.6. The molecular formula is C22H23N3O4. The van der Waals surface area contributed by atoms with Gasteiger partial charge in [0.25, 0.3) is 5.91 Å². The summed E-state index contributed by atoms with van der Waals surface area (Å²) in [7, 11) is 3.19. The van der Waals surface area contributed by atoms with Crippen molar-refractivity contribution in [1.82, 2.24) is 4.98 Å². The highest BCUT2D eigenvalue weighted by Gasteiger charge is 2.07. The van der Waals surface area contributed by atoms with Crippen LogP contribution in [-0.2, 0) is 11.3 Å². The lowest BCUT2D eigenvalue weighted by Crippen LogP contribution is -2.20. The van der Waals surface area contributed by atoms with Gasteiger partial charge in [0.05, 0.1) is 26.1 Å². The average Bonchev–Trinajstić information content (AvgIpc) is 2.77. The van der Waals surface area contributed by atoms with E-state index >= 15 is 0 Å². The van der Waals surface area contributed by atoms with E-state index in [1.807, 2.05) is 36.4 Å². The highest BCUT2D eigenvalue weighted by atomic mass is 16.5. The van der Waals surface area contributed by atoms with Crippen LogP contribution in [0.25, 0.3) is 0 Å². The molecule has 150 valence electrons. The number of nitrogens with one attached hydrogen (secondary N) is 2. The number of rotatable bonds is 9. The number of hydrogen-bond acceptors (Lipinski definition) is 6. The number of carbonyl (C=O) groups excluding carboxylic acids is 1. The van der Waals surface area contributed by atoms with Crippen molar-refractivity contribution in [2.45, 2.75) is 6.54 Å². The Morgan fingerprint density at radius 2 is 1.69 bits per heavy atom. The summed E-state index contributed by atoms with van der Waals surface area (Å²) < 4.78 is 15.9. The number of nitrogens with zero attached hydrogens (tertiary/aromatic N) is 1. The van der Waals surface area contributed by atoms with Crippen molar-refractivity contribution in [2.24, 2.45) is 0 Å². The highest BCUT2D eigenvalue weighted by Crippen LogP contribution is 2.25. The molecule has 1 amide bonds. The Kier molecular flexibility index (Phi) is 6.89. The van der Waals surface area contributed by atoms with Crippen LogP contribution < -0.4 is 24.8 Å². The van der Waals surface area contributed by atoms with Gasteiger partial charge in [0.1, 0.15) is 11.6 Å². The van der Waals surface area contributed by atoms with E-state index in [0.29, 0.717) is 29.5 Å². The lowest BCUT2D eigenvalue weighted by atomic mass is 10.2. The molecule has 0 unspecified atom stereocenters. The zero-order chi connectivity index (χ0) is 20.5. The zero-order valence-electron chi connectivity index (χ0n) is 16.3. The van der Waals surface area contributed by atoms with Gasteiger partial charge in [0.2, 0.25) is 0 Å². The largest absolute Gasteiger partial charge is 0.497 e.